The number of aromatic hydroxyl groups is 1. The number of alkyl halides is 1. The fourth-order valence-corrected chi connectivity index (χ4v) is 5.68. The van der Waals surface area contributed by atoms with Crippen molar-refractivity contribution >= 4 is 11.8 Å². The highest BCUT2D eigenvalue weighted by atomic mass is 19.1. The van der Waals surface area contributed by atoms with Gasteiger partial charge in [-0.05, 0) is 25.8 Å². The number of aliphatic hydroxyl groups is 1. The van der Waals surface area contributed by atoms with E-state index in [2.05, 4.69) is 0 Å². The molecule has 2 amide bonds. The number of hydrogen-bond donors (Lipinski definition) is 3. The van der Waals surface area contributed by atoms with Crippen molar-refractivity contribution in [3.63, 3.8) is 0 Å². The number of benzene rings is 1. The van der Waals surface area contributed by atoms with Gasteiger partial charge in [0.15, 0.2) is 11.4 Å². The van der Waals surface area contributed by atoms with Gasteiger partial charge in [0.1, 0.15) is 35.6 Å². The highest BCUT2D eigenvalue weighted by molar-refractivity contribution is 5.99. The van der Waals surface area contributed by atoms with Crippen LogP contribution in [-0.2, 0) is 11.4 Å². The molecule has 0 radical (unpaired) electrons. The third-order valence-electron chi connectivity index (χ3n) is 7.72. The second kappa shape index (κ2) is 8.85. The van der Waals surface area contributed by atoms with Gasteiger partial charge in [-0.15, -0.1) is 0 Å². The first-order chi connectivity index (χ1) is 17.5. The Labute approximate surface area is 208 Å². The van der Waals surface area contributed by atoms with E-state index >= 15 is 0 Å². The van der Waals surface area contributed by atoms with Gasteiger partial charge < -0.3 is 25.4 Å². The average molecular weight is 522 g/mol. The maximum Gasteiger partial charge on any atom is 0.274 e. The van der Waals surface area contributed by atoms with Crippen molar-refractivity contribution in [2.75, 3.05) is 13.2 Å². The van der Waals surface area contributed by atoms with Crippen molar-refractivity contribution in [1.82, 2.24) is 14.5 Å². The first-order valence-electron chi connectivity index (χ1n) is 11.7. The van der Waals surface area contributed by atoms with Crippen molar-refractivity contribution in [2.45, 2.75) is 56.1 Å². The number of nitrogens with zero attached hydrogens (tertiary/aromatic N) is 3. The number of hydroxylamine groups is 2. The lowest BCUT2D eigenvalue weighted by atomic mass is 9.81. The fraction of sp³-hybridized carbons (Fsp3) is 0.458. The van der Waals surface area contributed by atoms with E-state index in [0.29, 0.717) is 12.5 Å². The number of primary amides is 1. The molecular weight excluding hydrogens is 497 g/mol. The predicted octanol–water partition coefficient (Wildman–Crippen LogP) is 0.995. The molecule has 13 heteroatoms. The van der Waals surface area contributed by atoms with E-state index in [1.54, 1.807) is 6.92 Å². The van der Waals surface area contributed by atoms with Crippen LogP contribution < -0.4 is 11.2 Å². The van der Waals surface area contributed by atoms with Gasteiger partial charge in [-0.3, -0.25) is 19.2 Å². The molecule has 1 aromatic heterocycles. The summed E-state index contributed by atoms with van der Waals surface area (Å²) in [5, 5.41) is 23.2. The summed E-state index contributed by atoms with van der Waals surface area (Å²) in [5.41, 5.74) is 1.63. The minimum Gasteiger partial charge on any atom is -0.503 e. The number of pyridine rings is 1. The number of carbonyl (C=O) groups is 2. The summed E-state index contributed by atoms with van der Waals surface area (Å²) in [6.45, 7) is 0.295. The maximum atomic E-state index is 14.4. The second-order valence-corrected chi connectivity index (χ2v) is 9.73. The highest BCUT2D eigenvalue weighted by Gasteiger charge is 2.62. The molecule has 1 spiro atoms. The van der Waals surface area contributed by atoms with Gasteiger partial charge in [0.25, 0.3) is 11.8 Å². The lowest BCUT2D eigenvalue weighted by Gasteiger charge is -2.43. The fourth-order valence-electron chi connectivity index (χ4n) is 5.68. The normalized spacial score (nSPS) is 29.4. The van der Waals surface area contributed by atoms with Crippen LogP contribution in [0.15, 0.2) is 29.2 Å². The summed E-state index contributed by atoms with van der Waals surface area (Å²) < 4.78 is 43.3. The number of nitrogens with two attached hydrogens (primary N) is 1. The zero-order valence-corrected chi connectivity index (χ0v) is 19.7. The molecule has 5 rings (SSSR count). The van der Waals surface area contributed by atoms with Crippen LogP contribution in [0.1, 0.15) is 52.2 Å². The molecular formula is C24H25F3N4O6. The van der Waals surface area contributed by atoms with Crippen LogP contribution in [0.4, 0.5) is 13.2 Å². The molecule has 0 saturated carbocycles. The van der Waals surface area contributed by atoms with Crippen LogP contribution in [0.25, 0.3) is 0 Å². The van der Waals surface area contributed by atoms with Gasteiger partial charge in [0.05, 0.1) is 18.6 Å². The quantitative estimate of drug-likeness (QED) is 0.545. The van der Waals surface area contributed by atoms with Crippen molar-refractivity contribution < 1.29 is 37.8 Å². The third kappa shape index (κ3) is 3.71. The number of carbonyl (C=O) groups excluding carboxylic acids is 2. The molecule has 3 aliphatic heterocycles. The third-order valence-corrected chi connectivity index (χ3v) is 7.72. The van der Waals surface area contributed by atoms with Gasteiger partial charge in [-0.25, -0.2) is 13.2 Å². The van der Waals surface area contributed by atoms with Crippen molar-refractivity contribution in [3.8, 4) is 5.75 Å². The maximum absolute atomic E-state index is 14.4. The standard InChI is InChI=1S/C24H25F3N4O6/c1-11-4-5-24(21(34)16(7-25)31(37-24)8-12-2-3-13(26)6-15(12)27)17-10-29(11)23(36)18-20(33)19(32)14(22(28)35)9-30(17)18/h2-3,6,9,11,16-17,21,33-34H,4-5,7-8,10H2,1H3,(H2,28,35)/t11-,16?,17+,21-,24+/m0/s1. The Morgan fingerprint density at radius 1 is 1.30 bits per heavy atom. The zero-order valence-electron chi connectivity index (χ0n) is 19.7. The van der Waals surface area contributed by atoms with Gasteiger partial charge in [0.2, 0.25) is 5.43 Å². The number of aliphatic hydroxyl groups excluding tert-OH is 1. The molecule has 198 valence electrons. The molecule has 5 atom stereocenters. The molecule has 2 fully saturated rings. The summed E-state index contributed by atoms with van der Waals surface area (Å²) in [4.78, 5) is 45.4. The molecule has 37 heavy (non-hydrogen) atoms. The van der Waals surface area contributed by atoms with E-state index in [9.17, 15) is 37.8 Å². The Balaban J connectivity index is 1.65. The molecule has 1 unspecified atom stereocenters. The number of halogens is 3. The van der Waals surface area contributed by atoms with E-state index in [1.807, 2.05) is 0 Å². The molecule has 2 saturated heterocycles. The molecule has 1 aromatic carbocycles. The van der Waals surface area contributed by atoms with E-state index in [1.165, 1.54) is 15.5 Å². The molecule has 10 nitrogen and oxygen atoms in total. The average Bonchev–Trinajstić information content (AvgIpc) is 3.03. The predicted molar refractivity (Wildman–Crippen MR) is 121 cm³/mol. The lowest BCUT2D eigenvalue weighted by molar-refractivity contribution is -0.234. The smallest absolute Gasteiger partial charge is 0.274 e. The Morgan fingerprint density at radius 3 is 2.68 bits per heavy atom. The Hall–Kier alpha value is -3.42. The summed E-state index contributed by atoms with van der Waals surface area (Å²) in [5.74, 6) is -4.43. The number of aromatic nitrogens is 1. The van der Waals surface area contributed by atoms with Crippen molar-refractivity contribution in [2.24, 2.45) is 5.73 Å². The summed E-state index contributed by atoms with van der Waals surface area (Å²) in [7, 11) is 0. The minimum atomic E-state index is -1.60. The van der Waals surface area contributed by atoms with Crippen LogP contribution in [0.5, 0.6) is 5.75 Å². The molecule has 4 heterocycles. The lowest BCUT2D eigenvalue weighted by Crippen LogP contribution is -2.56. The minimum absolute atomic E-state index is 0.00393. The highest BCUT2D eigenvalue weighted by Crippen LogP contribution is 2.49. The Bertz CT molecular complexity index is 1350. The van der Waals surface area contributed by atoms with Gasteiger partial charge in [-0.1, -0.05) is 6.07 Å². The van der Waals surface area contributed by atoms with Gasteiger partial charge in [-0.2, -0.15) is 5.06 Å². The SMILES string of the molecule is C[C@H]1CC[C@@]2(ON(Cc3ccc(F)cc3F)C(CF)[C@@H]2O)[C@H]2CN1C(=O)c1c(O)c(=O)c(C(N)=O)cn12. The zero-order chi connectivity index (χ0) is 26.8. The summed E-state index contributed by atoms with van der Waals surface area (Å²) >= 11 is 0. The molecule has 0 aliphatic carbocycles. The van der Waals surface area contributed by atoms with E-state index < -0.39 is 82.4 Å². The Morgan fingerprint density at radius 2 is 2.03 bits per heavy atom. The van der Waals surface area contributed by atoms with E-state index in [-0.39, 0.29) is 25.1 Å². The first-order valence-corrected chi connectivity index (χ1v) is 11.7. The monoisotopic (exact) mass is 522 g/mol. The number of fused-ring (bicyclic) bond motifs is 5. The number of rotatable bonds is 4. The molecule has 4 N–H and O–H groups in total. The summed E-state index contributed by atoms with van der Waals surface area (Å²) in [6.07, 6.45) is -0.0433. The van der Waals surface area contributed by atoms with Crippen LogP contribution in [-0.4, -0.2) is 73.6 Å². The molecule has 3 aliphatic rings. The number of amides is 2. The first kappa shape index (κ1) is 25.2. The topological polar surface area (TPSA) is 138 Å². The molecule has 2 aromatic rings. The Kier molecular flexibility index (Phi) is 6.04. The van der Waals surface area contributed by atoms with Crippen molar-refractivity contribution in [3.05, 3.63) is 63.1 Å². The van der Waals surface area contributed by atoms with Crippen LogP contribution >= 0.6 is 0 Å². The van der Waals surface area contributed by atoms with E-state index in [4.69, 9.17) is 10.6 Å². The second-order valence-electron chi connectivity index (χ2n) is 9.73. The van der Waals surface area contributed by atoms with E-state index in [0.717, 1.165) is 17.3 Å². The van der Waals surface area contributed by atoms with Gasteiger partial charge in [0, 0.05) is 30.4 Å². The largest absolute Gasteiger partial charge is 0.503 e. The van der Waals surface area contributed by atoms with Crippen LogP contribution in [0.3, 0.4) is 0 Å². The van der Waals surface area contributed by atoms with Crippen molar-refractivity contribution in [1.29, 1.82) is 0 Å². The van der Waals surface area contributed by atoms with Crippen LogP contribution in [0.2, 0.25) is 0 Å². The molecule has 2 bridgehead atoms. The summed E-state index contributed by atoms with van der Waals surface area (Å²) in [6, 6.07) is 0.271. The van der Waals surface area contributed by atoms with Gasteiger partial charge >= 0.3 is 0 Å². The number of hydrogen-bond acceptors (Lipinski definition) is 7. The van der Waals surface area contributed by atoms with Crippen LogP contribution in [0, 0.1) is 11.6 Å².